The molecule has 6 nitrogen and oxygen atoms in total. The van der Waals surface area contributed by atoms with Crippen molar-refractivity contribution in [1.82, 2.24) is 9.71 Å². The van der Waals surface area contributed by atoms with Gasteiger partial charge in [0.2, 0.25) is 10.0 Å². The summed E-state index contributed by atoms with van der Waals surface area (Å²) in [5.41, 5.74) is 0.446. The highest BCUT2D eigenvalue weighted by Gasteiger charge is 2.31. The minimum absolute atomic E-state index is 0.0639. The fourth-order valence-corrected chi connectivity index (χ4v) is 3.67. The lowest BCUT2D eigenvalue weighted by atomic mass is 10.2. The molecule has 7 heteroatoms. The number of aliphatic hydroxyl groups excluding tert-OH is 1. The molecule has 0 spiro atoms. The molecular weight excluding hydrogens is 292 g/mol. The van der Waals surface area contributed by atoms with Gasteiger partial charge in [0.05, 0.1) is 6.10 Å². The van der Waals surface area contributed by atoms with Gasteiger partial charge in [-0.25, -0.2) is 13.1 Å². The first-order chi connectivity index (χ1) is 10.1. The molecule has 21 heavy (non-hydrogen) atoms. The minimum Gasteiger partial charge on any atom is -0.384 e. The van der Waals surface area contributed by atoms with E-state index in [1.807, 2.05) is 0 Å². The number of aromatic nitrogens is 1. The number of sulfonamides is 1. The monoisotopic (exact) mass is 310 g/mol. The summed E-state index contributed by atoms with van der Waals surface area (Å²) >= 11 is 0. The van der Waals surface area contributed by atoms with Gasteiger partial charge < -0.3 is 9.84 Å². The van der Waals surface area contributed by atoms with E-state index in [-0.39, 0.29) is 23.6 Å². The van der Waals surface area contributed by atoms with Gasteiger partial charge in [-0.05, 0) is 25.3 Å². The predicted octanol–water partition coefficient (Wildman–Crippen LogP) is 0.271. The molecule has 2 atom stereocenters. The van der Waals surface area contributed by atoms with Crippen LogP contribution < -0.4 is 4.72 Å². The topological polar surface area (TPSA) is 88.5 Å². The van der Waals surface area contributed by atoms with Crippen molar-refractivity contribution >= 4 is 10.0 Å². The Labute approximate surface area is 124 Å². The van der Waals surface area contributed by atoms with Crippen molar-refractivity contribution in [1.29, 1.82) is 0 Å². The van der Waals surface area contributed by atoms with Crippen molar-refractivity contribution in [3.8, 4) is 11.8 Å². The molecule has 0 amide bonds. The Bertz CT molecular complexity index is 648. The van der Waals surface area contributed by atoms with E-state index < -0.39 is 10.0 Å². The first-order valence-electron chi connectivity index (χ1n) is 6.66. The number of ether oxygens (including phenoxy) is 1. The second-order valence-electron chi connectivity index (χ2n) is 4.80. The summed E-state index contributed by atoms with van der Waals surface area (Å²) in [7, 11) is -2.07. The highest BCUT2D eigenvalue weighted by Crippen LogP contribution is 2.23. The number of methoxy groups -OCH3 is 1. The second kappa shape index (κ2) is 7.00. The summed E-state index contributed by atoms with van der Waals surface area (Å²) in [6, 6.07) is 1.22. The van der Waals surface area contributed by atoms with E-state index >= 15 is 0 Å². The molecule has 1 aromatic rings. The van der Waals surface area contributed by atoms with Crippen LogP contribution in [0.15, 0.2) is 23.4 Å². The summed E-state index contributed by atoms with van der Waals surface area (Å²) < 4.78 is 32.7. The number of nitrogens with one attached hydrogen (secondary N) is 1. The van der Waals surface area contributed by atoms with E-state index in [9.17, 15) is 8.42 Å². The lowest BCUT2D eigenvalue weighted by Crippen LogP contribution is -2.40. The third-order valence-electron chi connectivity index (χ3n) is 3.40. The van der Waals surface area contributed by atoms with Crippen LogP contribution >= 0.6 is 0 Å². The van der Waals surface area contributed by atoms with Crippen LogP contribution in [0.1, 0.15) is 24.8 Å². The van der Waals surface area contributed by atoms with E-state index in [0.29, 0.717) is 5.56 Å². The van der Waals surface area contributed by atoms with E-state index in [4.69, 9.17) is 9.84 Å². The van der Waals surface area contributed by atoms with E-state index in [0.717, 1.165) is 19.3 Å². The molecule has 2 rings (SSSR count). The van der Waals surface area contributed by atoms with E-state index in [2.05, 4.69) is 21.5 Å². The van der Waals surface area contributed by atoms with Gasteiger partial charge in [-0.2, -0.15) is 0 Å². The fourth-order valence-electron chi connectivity index (χ4n) is 2.39. The molecule has 0 bridgehead atoms. The van der Waals surface area contributed by atoms with Crippen LogP contribution in [0.5, 0.6) is 0 Å². The molecule has 1 aliphatic rings. The molecule has 1 heterocycles. The maximum atomic E-state index is 12.4. The fraction of sp³-hybridized carbons (Fsp3) is 0.500. The highest BCUT2D eigenvalue weighted by atomic mass is 32.2. The Morgan fingerprint density at radius 2 is 2.29 bits per heavy atom. The molecule has 2 N–H and O–H groups in total. The summed E-state index contributed by atoms with van der Waals surface area (Å²) in [6.07, 6.45) is 5.19. The number of nitrogens with zero attached hydrogens (tertiary/aromatic N) is 1. The third-order valence-corrected chi connectivity index (χ3v) is 4.85. The van der Waals surface area contributed by atoms with E-state index in [1.165, 1.54) is 18.5 Å². The molecular formula is C14H18N2O4S. The summed E-state index contributed by atoms with van der Waals surface area (Å²) in [5.74, 6) is 5.10. The normalized spacial score (nSPS) is 21.8. The van der Waals surface area contributed by atoms with Crippen molar-refractivity contribution in [2.45, 2.75) is 36.3 Å². The van der Waals surface area contributed by atoms with Crippen LogP contribution in [-0.2, 0) is 14.8 Å². The van der Waals surface area contributed by atoms with Gasteiger partial charge in [-0.15, -0.1) is 0 Å². The number of hydrogen-bond acceptors (Lipinski definition) is 5. The summed E-state index contributed by atoms with van der Waals surface area (Å²) in [4.78, 5) is 3.95. The van der Waals surface area contributed by atoms with Crippen molar-refractivity contribution in [3.63, 3.8) is 0 Å². The van der Waals surface area contributed by atoms with Crippen molar-refractivity contribution in [2.24, 2.45) is 0 Å². The maximum Gasteiger partial charge on any atom is 0.242 e. The SMILES string of the molecule is COC1CCCC1NS(=O)(=O)c1cncc(C#CCO)c1. The molecule has 1 fully saturated rings. The standard InChI is InChI=1S/C14H18N2O4S/c1-20-14-6-2-5-13(14)16-21(18,19)12-8-11(4-3-7-17)9-15-10-12/h8-10,13-14,16-17H,2,5-7H2,1H3. The van der Waals surface area contributed by atoms with Gasteiger partial charge >= 0.3 is 0 Å². The first kappa shape index (κ1) is 15.9. The minimum atomic E-state index is -3.66. The predicted molar refractivity (Wildman–Crippen MR) is 77.0 cm³/mol. The van der Waals surface area contributed by atoms with Crippen LogP contribution in [0.25, 0.3) is 0 Å². The highest BCUT2D eigenvalue weighted by molar-refractivity contribution is 7.89. The molecule has 0 saturated heterocycles. The smallest absolute Gasteiger partial charge is 0.242 e. The van der Waals surface area contributed by atoms with Gasteiger partial charge in [0.25, 0.3) is 0 Å². The lowest BCUT2D eigenvalue weighted by Gasteiger charge is -2.19. The van der Waals surface area contributed by atoms with Gasteiger partial charge in [-0.3, -0.25) is 4.98 Å². The molecule has 0 aromatic carbocycles. The van der Waals surface area contributed by atoms with E-state index in [1.54, 1.807) is 7.11 Å². The van der Waals surface area contributed by atoms with Crippen molar-refractivity contribution < 1.29 is 18.3 Å². The molecule has 114 valence electrons. The molecule has 1 aliphatic carbocycles. The molecule has 1 aromatic heterocycles. The largest absolute Gasteiger partial charge is 0.384 e. The molecule has 0 aliphatic heterocycles. The van der Waals surface area contributed by atoms with Gasteiger partial charge in [0, 0.05) is 31.1 Å². The lowest BCUT2D eigenvalue weighted by molar-refractivity contribution is 0.0916. The van der Waals surface area contributed by atoms with Crippen LogP contribution in [0, 0.1) is 11.8 Å². The number of rotatable bonds is 4. The zero-order chi connectivity index (χ0) is 15.3. The molecule has 0 radical (unpaired) electrons. The zero-order valence-corrected chi connectivity index (χ0v) is 12.6. The number of pyridine rings is 1. The van der Waals surface area contributed by atoms with Crippen molar-refractivity contribution in [2.75, 3.05) is 13.7 Å². The molecule has 1 saturated carbocycles. The van der Waals surface area contributed by atoms with Gasteiger partial charge in [-0.1, -0.05) is 11.8 Å². The summed E-state index contributed by atoms with van der Waals surface area (Å²) in [5, 5.41) is 8.66. The number of hydrogen-bond donors (Lipinski definition) is 2. The Hall–Kier alpha value is -1.46. The maximum absolute atomic E-state index is 12.4. The quantitative estimate of drug-likeness (QED) is 0.779. The van der Waals surface area contributed by atoms with Gasteiger partial charge in [0.1, 0.15) is 11.5 Å². The van der Waals surface area contributed by atoms with Crippen molar-refractivity contribution in [3.05, 3.63) is 24.0 Å². The number of aliphatic hydroxyl groups is 1. The Morgan fingerprint density at radius 1 is 1.48 bits per heavy atom. The molecule has 2 unspecified atom stereocenters. The Kier molecular flexibility index (Phi) is 5.31. The van der Waals surface area contributed by atoms with Crippen LogP contribution in [0.4, 0.5) is 0 Å². The first-order valence-corrected chi connectivity index (χ1v) is 8.15. The third kappa shape index (κ3) is 4.02. The van der Waals surface area contributed by atoms with Crippen LogP contribution in [0.3, 0.4) is 0 Å². The van der Waals surface area contributed by atoms with Gasteiger partial charge in [0.15, 0.2) is 0 Å². The second-order valence-corrected chi connectivity index (χ2v) is 6.52. The zero-order valence-electron chi connectivity index (χ0n) is 11.7. The van der Waals surface area contributed by atoms with Crippen LogP contribution in [0.2, 0.25) is 0 Å². The Morgan fingerprint density at radius 3 is 3.00 bits per heavy atom. The average molecular weight is 310 g/mol. The van der Waals surface area contributed by atoms with Crippen LogP contribution in [-0.4, -0.2) is 44.4 Å². The Balaban J connectivity index is 2.19. The summed E-state index contributed by atoms with van der Waals surface area (Å²) in [6.45, 7) is -0.285. The average Bonchev–Trinajstić information content (AvgIpc) is 2.92.